The summed E-state index contributed by atoms with van der Waals surface area (Å²) in [6.45, 7) is 2.95. The number of piperidine rings is 1. The molecule has 3 unspecified atom stereocenters. The van der Waals surface area contributed by atoms with E-state index in [0.29, 0.717) is 12.3 Å². The van der Waals surface area contributed by atoms with Crippen LogP contribution in [0.4, 0.5) is 0 Å². The highest BCUT2D eigenvalue weighted by Crippen LogP contribution is 2.38. The fourth-order valence-corrected chi connectivity index (χ4v) is 2.68. The molecule has 2 aliphatic rings. The predicted molar refractivity (Wildman–Crippen MR) is 51.0 cm³/mol. The highest BCUT2D eigenvalue weighted by atomic mass is 16.4. The maximum atomic E-state index is 10.5. The summed E-state index contributed by atoms with van der Waals surface area (Å²) in [5.74, 6) is -0.505. The van der Waals surface area contributed by atoms with Crippen molar-refractivity contribution in [3.8, 4) is 0 Å². The van der Waals surface area contributed by atoms with Gasteiger partial charge in [0.05, 0.1) is 5.60 Å². The molecule has 0 aliphatic carbocycles. The number of hydrogen-bond donors (Lipinski definition) is 2. The molecule has 4 nitrogen and oxygen atoms in total. The van der Waals surface area contributed by atoms with E-state index in [1.807, 2.05) is 0 Å². The largest absolute Gasteiger partial charge is 0.481 e. The molecule has 14 heavy (non-hydrogen) atoms. The Bertz CT molecular complexity index is 244. The van der Waals surface area contributed by atoms with Crippen molar-refractivity contribution in [1.29, 1.82) is 0 Å². The number of rotatable bonds is 3. The summed E-state index contributed by atoms with van der Waals surface area (Å²) in [7, 11) is 0. The lowest BCUT2D eigenvalue weighted by Crippen LogP contribution is -2.46. The summed E-state index contributed by atoms with van der Waals surface area (Å²) in [6, 6.07) is 0. The van der Waals surface area contributed by atoms with Crippen molar-refractivity contribution < 1.29 is 15.0 Å². The van der Waals surface area contributed by atoms with Crippen LogP contribution in [-0.4, -0.2) is 46.3 Å². The molecule has 2 fully saturated rings. The van der Waals surface area contributed by atoms with Crippen molar-refractivity contribution in [3.05, 3.63) is 0 Å². The fourth-order valence-electron chi connectivity index (χ4n) is 2.68. The van der Waals surface area contributed by atoms with Gasteiger partial charge in [-0.1, -0.05) is 0 Å². The van der Waals surface area contributed by atoms with Crippen LogP contribution in [0.3, 0.4) is 0 Å². The number of carboxylic acids is 1. The van der Waals surface area contributed by atoms with Gasteiger partial charge >= 0.3 is 5.97 Å². The summed E-state index contributed by atoms with van der Waals surface area (Å²) < 4.78 is 0. The van der Waals surface area contributed by atoms with Gasteiger partial charge in [0.2, 0.25) is 0 Å². The molecule has 2 heterocycles. The molecule has 4 heteroatoms. The van der Waals surface area contributed by atoms with E-state index in [2.05, 4.69) is 4.90 Å². The number of nitrogens with zero attached hydrogens (tertiary/aromatic N) is 1. The van der Waals surface area contributed by atoms with Gasteiger partial charge in [-0.05, 0) is 25.8 Å². The van der Waals surface area contributed by atoms with Crippen LogP contribution in [0.1, 0.15) is 25.7 Å². The molecule has 0 saturated carbocycles. The van der Waals surface area contributed by atoms with Crippen molar-refractivity contribution in [1.82, 2.24) is 4.90 Å². The van der Waals surface area contributed by atoms with Crippen molar-refractivity contribution in [3.63, 3.8) is 0 Å². The number of hydrogen-bond acceptors (Lipinski definition) is 3. The molecule has 0 aromatic carbocycles. The van der Waals surface area contributed by atoms with Gasteiger partial charge in [-0.2, -0.15) is 0 Å². The second-order valence-electron chi connectivity index (χ2n) is 4.53. The summed E-state index contributed by atoms with van der Waals surface area (Å²) in [5.41, 5.74) is -0.703. The minimum Gasteiger partial charge on any atom is -0.481 e. The quantitative estimate of drug-likeness (QED) is 0.686. The van der Waals surface area contributed by atoms with Gasteiger partial charge in [-0.3, -0.25) is 4.79 Å². The zero-order valence-electron chi connectivity index (χ0n) is 8.28. The van der Waals surface area contributed by atoms with Crippen LogP contribution in [0.25, 0.3) is 0 Å². The Kier molecular flexibility index (Phi) is 2.49. The normalized spacial score (nSPS) is 41.2. The Hall–Kier alpha value is -0.610. The van der Waals surface area contributed by atoms with Crippen LogP contribution in [-0.2, 0) is 4.79 Å². The Morgan fingerprint density at radius 2 is 2.29 bits per heavy atom. The molecule has 2 saturated heterocycles. The first kappa shape index (κ1) is 9.93. The lowest BCUT2D eigenvalue weighted by Gasteiger charge is -2.38. The van der Waals surface area contributed by atoms with Crippen LogP contribution in [0.5, 0.6) is 0 Å². The number of aliphatic hydroxyl groups is 1. The highest BCUT2D eigenvalue weighted by molar-refractivity contribution is 5.66. The van der Waals surface area contributed by atoms with E-state index in [1.165, 1.54) is 0 Å². The lowest BCUT2D eigenvalue weighted by molar-refractivity contribution is -0.139. The third kappa shape index (κ3) is 1.77. The molecule has 0 aromatic heterocycles. The number of carboxylic acid groups (broad SMARTS) is 1. The molecular formula is C10H17NO3. The van der Waals surface area contributed by atoms with E-state index in [9.17, 15) is 9.90 Å². The zero-order valence-corrected chi connectivity index (χ0v) is 8.28. The Labute approximate surface area is 83.5 Å². The molecule has 2 N–H and O–H groups in total. The molecule has 80 valence electrons. The van der Waals surface area contributed by atoms with Gasteiger partial charge in [0.1, 0.15) is 0 Å². The smallest absolute Gasteiger partial charge is 0.303 e. The van der Waals surface area contributed by atoms with Crippen LogP contribution in [0.2, 0.25) is 0 Å². The Morgan fingerprint density at radius 1 is 1.50 bits per heavy atom. The summed E-state index contributed by atoms with van der Waals surface area (Å²) in [5, 5.41) is 18.9. The number of carbonyl (C=O) groups is 1. The maximum absolute atomic E-state index is 10.5. The highest BCUT2D eigenvalue weighted by Gasteiger charge is 2.44. The molecule has 0 spiro atoms. The number of aliphatic carboxylic acids is 1. The van der Waals surface area contributed by atoms with Crippen LogP contribution < -0.4 is 0 Å². The van der Waals surface area contributed by atoms with Crippen molar-refractivity contribution >= 4 is 5.97 Å². The van der Waals surface area contributed by atoms with Gasteiger partial charge in [0, 0.05) is 25.4 Å². The first-order chi connectivity index (χ1) is 6.60. The van der Waals surface area contributed by atoms with Crippen molar-refractivity contribution in [2.24, 2.45) is 5.92 Å². The average molecular weight is 199 g/mol. The third-order valence-corrected chi connectivity index (χ3v) is 3.67. The minimum atomic E-state index is -0.807. The van der Waals surface area contributed by atoms with E-state index in [-0.39, 0.29) is 6.42 Å². The fraction of sp³-hybridized carbons (Fsp3) is 0.900. The van der Waals surface area contributed by atoms with Crippen molar-refractivity contribution in [2.45, 2.75) is 31.3 Å². The van der Waals surface area contributed by atoms with Gasteiger partial charge in [0.15, 0.2) is 0 Å². The molecule has 2 rings (SSSR count). The van der Waals surface area contributed by atoms with Crippen LogP contribution in [0.15, 0.2) is 0 Å². The van der Waals surface area contributed by atoms with E-state index in [1.54, 1.807) is 0 Å². The average Bonchev–Trinajstić information content (AvgIpc) is 2.55. The standard InChI is InChI=1S/C10H17NO3/c12-9(13)1-3-10(14)4-6-11-5-2-8(10)7-11/h8,14H,1-7H2,(H,12,13). The summed E-state index contributed by atoms with van der Waals surface area (Å²) in [6.07, 6.45) is 2.27. The van der Waals surface area contributed by atoms with Crippen molar-refractivity contribution in [2.75, 3.05) is 19.6 Å². The Morgan fingerprint density at radius 3 is 3.00 bits per heavy atom. The van der Waals surface area contributed by atoms with E-state index in [4.69, 9.17) is 5.11 Å². The zero-order chi connectivity index (χ0) is 10.2. The molecule has 3 atom stereocenters. The van der Waals surface area contributed by atoms with Gasteiger partial charge in [0.25, 0.3) is 0 Å². The monoisotopic (exact) mass is 199 g/mol. The Balaban J connectivity index is 1.96. The third-order valence-electron chi connectivity index (χ3n) is 3.67. The molecule has 0 radical (unpaired) electrons. The molecule has 0 amide bonds. The van der Waals surface area contributed by atoms with Crippen LogP contribution >= 0.6 is 0 Å². The van der Waals surface area contributed by atoms with E-state index < -0.39 is 11.6 Å². The van der Waals surface area contributed by atoms with Crippen LogP contribution in [0, 0.1) is 5.92 Å². The molecule has 0 aromatic rings. The predicted octanol–water partition coefficient (Wildman–Crippen LogP) is 0.308. The summed E-state index contributed by atoms with van der Waals surface area (Å²) in [4.78, 5) is 12.8. The molecule has 2 aliphatic heterocycles. The summed E-state index contributed by atoms with van der Waals surface area (Å²) >= 11 is 0. The SMILES string of the molecule is O=C(O)CCC1(O)CCN2CCC1C2. The maximum Gasteiger partial charge on any atom is 0.303 e. The van der Waals surface area contributed by atoms with Gasteiger partial charge in [-0.15, -0.1) is 0 Å². The first-order valence-electron chi connectivity index (χ1n) is 5.27. The number of fused-ring (bicyclic) bond motifs is 2. The lowest BCUT2D eigenvalue weighted by atomic mass is 9.79. The minimum absolute atomic E-state index is 0.0903. The van der Waals surface area contributed by atoms with E-state index in [0.717, 1.165) is 32.5 Å². The molecular weight excluding hydrogens is 182 g/mol. The van der Waals surface area contributed by atoms with Gasteiger partial charge < -0.3 is 15.1 Å². The van der Waals surface area contributed by atoms with E-state index >= 15 is 0 Å². The second kappa shape index (κ2) is 3.51. The van der Waals surface area contributed by atoms with Gasteiger partial charge in [-0.25, -0.2) is 0 Å². The topological polar surface area (TPSA) is 60.8 Å². The second-order valence-corrected chi connectivity index (χ2v) is 4.53. The molecule has 2 bridgehead atoms. The first-order valence-corrected chi connectivity index (χ1v) is 5.27.